The zero-order valence-electron chi connectivity index (χ0n) is 8.25. The van der Waals surface area contributed by atoms with E-state index in [1.54, 1.807) is 7.11 Å². The molecule has 0 unspecified atom stereocenters. The Balaban J connectivity index is 2.38. The van der Waals surface area contributed by atoms with Crippen molar-refractivity contribution in [2.75, 3.05) is 13.7 Å². The van der Waals surface area contributed by atoms with E-state index in [1.165, 1.54) is 0 Å². The molecule has 0 spiro atoms. The average Bonchev–Trinajstić information content (AvgIpc) is 2.25. The fourth-order valence-electron chi connectivity index (χ4n) is 0.993. The minimum absolute atomic E-state index is 0.426. The van der Waals surface area contributed by atoms with Gasteiger partial charge >= 0.3 is 0 Å². The fourth-order valence-corrected chi connectivity index (χ4v) is 0.993. The summed E-state index contributed by atoms with van der Waals surface area (Å²) in [6.45, 7) is 4.39. The van der Waals surface area contributed by atoms with Gasteiger partial charge < -0.3 is 9.47 Å². The van der Waals surface area contributed by atoms with Crippen LogP contribution in [0.3, 0.4) is 0 Å². The standard InChI is InChI=1S/C12H13O2/c1-3-4-9-14-10-11-5-7-12(13-2)8-6-11/h5-8H,1,9-10H2,2H3. The molecule has 0 atom stereocenters. The van der Waals surface area contributed by atoms with Crippen LogP contribution in [0, 0.1) is 18.8 Å². The van der Waals surface area contributed by atoms with Crippen LogP contribution in [0.1, 0.15) is 5.56 Å². The topological polar surface area (TPSA) is 18.5 Å². The molecule has 1 rings (SSSR count). The molecule has 1 aromatic carbocycles. The highest BCUT2D eigenvalue weighted by Crippen LogP contribution is 2.11. The van der Waals surface area contributed by atoms with Gasteiger partial charge in [0.25, 0.3) is 0 Å². The van der Waals surface area contributed by atoms with Crippen molar-refractivity contribution >= 4 is 0 Å². The zero-order valence-corrected chi connectivity index (χ0v) is 8.25. The zero-order chi connectivity index (χ0) is 10.2. The van der Waals surface area contributed by atoms with Crippen LogP contribution in [0.2, 0.25) is 0 Å². The number of hydrogen-bond donors (Lipinski definition) is 0. The third-order valence-electron chi connectivity index (χ3n) is 1.73. The van der Waals surface area contributed by atoms with Gasteiger partial charge in [-0.1, -0.05) is 24.0 Å². The van der Waals surface area contributed by atoms with Crippen molar-refractivity contribution in [1.82, 2.24) is 0 Å². The third kappa shape index (κ3) is 3.51. The first-order chi connectivity index (χ1) is 6.86. The normalized spacial score (nSPS) is 9.00. The molecule has 14 heavy (non-hydrogen) atoms. The second-order valence-corrected chi connectivity index (χ2v) is 2.69. The molecule has 0 aliphatic carbocycles. The van der Waals surface area contributed by atoms with Crippen LogP contribution in [0.4, 0.5) is 0 Å². The Hall–Kier alpha value is -1.46. The van der Waals surface area contributed by atoms with Crippen LogP contribution in [-0.2, 0) is 11.3 Å². The van der Waals surface area contributed by atoms with E-state index in [1.807, 2.05) is 24.3 Å². The van der Waals surface area contributed by atoms with Gasteiger partial charge in [0.1, 0.15) is 12.4 Å². The minimum Gasteiger partial charge on any atom is -0.497 e. The highest BCUT2D eigenvalue weighted by atomic mass is 16.5. The third-order valence-corrected chi connectivity index (χ3v) is 1.73. The molecule has 0 aromatic heterocycles. The summed E-state index contributed by atoms with van der Waals surface area (Å²) in [5, 5.41) is 0. The van der Waals surface area contributed by atoms with E-state index in [-0.39, 0.29) is 0 Å². The molecular weight excluding hydrogens is 176 g/mol. The number of rotatable bonds is 4. The van der Waals surface area contributed by atoms with Gasteiger partial charge in [0.05, 0.1) is 13.7 Å². The van der Waals surface area contributed by atoms with E-state index in [9.17, 15) is 0 Å². The highest BCUT2D eigenvalue weighted by Gasteiger charge is 1.93. The van der Waals surface area contributed by atoms with Crippen molar-refractivity contribution in [3.8, 4) is 17.6 Å². The van der Waals surface area contributed by atoms with Crippen molar-refractivity contribution < 1.29 is 9.47 Å². The molecule has 0 amide bonds. The maximum Gasteiger partial charge on any atom is 0.118 e. The molecule has 0 N–H and O–H groups in total. The van der Waals surface area contributed by atoms with E-state index >= 15 is 0 Å². The second-order valence-electron chi connectivity index (χ2n) is 2.69. The molecule has 0 heterocycles. The highest BCUT2D eigenvalue weighted by molar-refractivity contribution is 5.26. The van der Waals surface area contributed by atoms with Crippen molar-refractivity contribution in [3.63, 3.8) is 0 Å². The SMILES string of the molecule is [CH2]C#CCOCc1ccc(OC)cc1. The van der Waals surface area contributed by atoms with Gasteiger partial charge in [0.15, 0.2) is 0 Å². The van der Waals surface area contributed by atoms with Crippen LogP contribution >= 0.6 is 0 Å². The molecule has 2 nitrogen and oxygen atoms in total. The molecule has 1 aromatic rings. The Morgan fingerprint density at radius 1 is 1.29 bits per heavy atom. The predicted molar refractivity (Wildman–Crippen MR) is 55.8 cm³/mol. The first-order valence-electron chi connectivity index (χ1n) is 4.32. The molecule has 2 heteroatoms. The van der Waals surface area contributed by atoms with E-state index in [2.05, 4.69) is 18.8 Å². The summed E-state index contributed by atoms with van der Waals surface area (Å²) in [7, 11) is 1.65. The number of benzene rings is 1. The number of hydrogen-bond acceptors (Lipinski definition) is 2. The first kappa shape index (κ1) is 10.6. The summed E-state index contributed by atoms with van der Waals surface area (Å²) < 4.78 is 10.3. The van der Waals surface area contributed by atoms with Crippen molar-refractivity contribution in [2.45, 2.75) is 6.61 Å². The molecule has 0 aliphatic heterocycles. The van der Waals surface area contributed by atoms with E-state index in [4.69, 9.17) is 9.47 Å². The Labute approximate surface area is 84.8 Å². The largest absolute Gasteiger partial charge is 0.497 e. The Kier molecular flexibility index (Phi) is 4.60. The van der Waals surface area contributed by atoms with E-state index in [0.717, 1.165) is 11.3 Å². The maximum atomic E-state index is 5.28. The quantitative estimate of drug-likeness (QED) is 0.533. The molecule has 0 aliphatic rings. The lowest BCUT2D eigenvalue weighted by Crippen LogP contribution is -1.93. The van der Waals surface area contributed by atoms with Crippen LogP contribution < -0.4 is 4.74 Å². The maximum absolute atomic E-state index is 5.28. The van der Waals surface area contributed by atoms with Crippen LogP contribution in [0.15, 0.2) is 24.3 Å². The monoisotopic (exact) mass is 189 g/mol. The lowest BCUT2D eigenvalue weighted by Gasteiger charge is -2.02. The fraction of sp³-hybridized carbons (Fsp3) is 0.250. The second kappa shape index (κ2) is 6.06. The van der Waals surface area contributed by atoms with Crippen LogP contribution in [0.5, 0.6) is 5.75 Å². The van der Waals surface area contributed by atoms with Gasteiger partial charge in [0.2, 0.25) is 0 Å². The minimum atomic E-state index is 0.426. The summed E-state index contributed by atoms with van der Waals surface area (Å²) in [4.78, 5) is 0. The van der Waals surface area contributed by atoms with E-state index < -0.39 is 0 Å². The van der Waals surface area contributed by atoms with Gasteiger partial charge in [-0.3, -0.25) is 0 Å². The van der Waals surface area contributed by atoms with Crippen molar-refractivity contribution in [2.24, 2.45) is 0 Å². The first-order valence-corrected chi connectivity index (χ1v) is 4.32. The average molecular weight is 189 g/mol. The van der Waals surface area contributed by atoms with Gasteiger partial charge in [-0.25, -0.2) is 0 Å². The van der Waals surface area contributed by atoms with Crippen molar-refractivity contribution in [3.05, 3.63) is 36.8 Å². The Morgan fingerprint density at radius 2 is 2.00 bits per heavy atom. The lowest BCUT2D eigenvalue weighted by atomic mass is 10.2. The molecule has 0 saturated heterocycles. The Bertz CT molecular complexity index is 316. The number of methoxy groups -OCH3 is 1. The van der Waals surface area contributed by atoms with Crippen LogP contribution in [-0.4, -0.2) is 13.7 Å². The molecule has 0 bridgehead atoms. The predicted octanol–water partition coefficient (Wildman–Crippen LogP) is 2.05. The lowest BCUT2D eigenvalue weighted by molar-refractivity contribution is 0.153. The summed E-state index contributed by atoms with van der Waals surface area (Å²) >= 11 is 0. The molecule has 73 valence electrons. The molecule has 0 saturated carbocycles. The Morgan fingerprint density at radius 3 is 2.57 bits per heavy atom. The van der Waals surface area contributed by atoms with Crippen molar-refractivity contribution in [1.29, 1.82) is 0 Å². The van der Waals surface area contributed by atoms with Gasteiger partial charge in [-0.05, 0) is 17.7 Å². The van der Waals surface area contributed by atoms with Gasteiger partial charge in [0, 0.05) is 6.92 Å². The summed E-state index contributed by atoms with van der Waals surface area (Å²) in [5.41, 5.74) is 1.11. The van der Waals surface area contributed by atoms with Gasteiger partial charge in [-0.2, -0.15) is 0 Å². The van der Waals surface area contributed by atoms with Crippen LogP contribution in [0.25, 0.3) is 0 Å². The summed E-state index contributed by atoms with van der Waals surface area (Å²) in [5.74, 6) is 6.11. The molecule has 0 fully saturated rings. The smallest absolute Gasteiger partial charge is 0.118 e. The summed E-state index contributed by atoms with van der Waals surface area (Å²) in [6.07, 6.45) is 0. The summed E-state index contributed by atoms with van der Waals surface area (Å²) in [6, 6.07) is 7.75. The number of ether oxygens (including phenoxy) is 2. The molecular formula is C12H13O2. The van der Waals surface area contributed by atoms with E-state index in [0.29, 0.717) is 13.2 Å². The van der Waals surface area contributed by atoms with Gasteiger partial charge in [-0.15, -0.1) is 0 Å². The molecule has 1 radical (unpaired) electrons.